The number of carbonyl (C=O) groups excluding carboxylic acids is 1. The van der Waals surface area contributed by atoms with Gasteiger partial charge in [-0.1, -0.05) is 6.08 Å². The standard InChI is InChI=1S/C10H19NO3.C2H6O/c1-5-6-11(7-8-12)9(13)14-10(2,3)4;1-2-3/h5,12H,1,6-8H2,2-4H3;3H,2H2,1H3. The molecule has 0 radical (unpaired) electrons. The van der Waals surface area contributed by atoms with Gasteiger partial charge in [-0.15, -0.1) is 6.58 Å². The second-order valence-corrected chi connectivity index (χ2v) is 4.25. The maximum Gasteiger partial charge on any atom is 0.410 e. The molecule has 0 unspecified atom stereocenters. The Hall–Kier alpha value is -1.07. The summed E-state index contributed by atoms with van der Waals surface area (Å²) in [7, 11) is 0. The molecule has 0 aliphatic rings. The van der Waals surface area contributed by atoms with Crippen LogP contribution in [0, 0.1) is 0 Å². The first-order valence-corrected chi connectivity index (χ1v) is 5.62. The molecule has 17 heavy (non-hydrogen) atoms. The summed E-state index contributed by atoms with van der Waals surface area (Å²) in [5, 5.41) is 16.3. The lowest BCUT2D eigenvalue weighted by Crippen LogP contribution is -2.38. The van der Waals surface area contributed by atoms with Crippen molar-refractivity contribution in [2.45, 2.75) is 33.3 Å². The minimum absolute atomic E-state index is 0.0763. The average molecular weight is 247 g/mol. The van der Waals surface area contributed by atoms with Crippen molar-refractivity contribution in [1.29, 1.82) is 0 Å². The Balaban J connectivity index is 0. The molecule has 0 aromatic carbocycles. The van der Waals surface area contributed by atoms with Gasteiger partial charge in [-0.25, -0.2) is 4.79 Å². The highest BCUT2D eigenvalue weighted by molar-refractivity contribution is 5.68. The monoisotopic (exact) mass is 247 g/mol. The Morgan fingerprint density at radius 3 is 2.18 bits per heavy atom. The number of carbonyl (C=O) groups is 1. The van der Waals surface area contributed by atoms with E-state index in [0.717, 1.165) is 0 Å². The van der Waals surface area contributed by atoms with E-state index in [9.17, 15) is 4.79 Å². The van der Waals surface area contributed by atoms with E-state index in [1.807, 2.05) is 0 Å². The normalized spacial score (nSPS) is 10.0. The van der Waals surface area contributed by atoms with Crippen LogP contribution in [0.2, 0.25) is 0 Å². The number of amides is 1. The van der Waals surface area contributed by atoms with Crippen LogP contribution in [0.5, 0.6) is 0 Å². The van der Waals surface area contributed by atoms with Crippen molar-refractivity contribution < 1.29 is 19.7 Å². The van der Waals surface area contributed by atoms with Crippen LogP contribution in [0.3, 0.4) is 0 Å². The molecule has 0 fully saturated rings. The van der Waals surface area contributed by atoms with Gasteiger partial charge in [0.1, 0.15) is 5.60 Å². The highest BCUT2D eigenvalue weighted by Gasteiger charge is 2.20. The van der Waals surface area contributed by atoms with Gasteiger partial charge >= 0.3 is 6.09 Å². The SMILES string of the molecule is C=CCN(CCO)C(=O)OC(C)(C)C.CCO. The fourth-order valence-electron chi connectivity index (χ4n) is 0.860. The lowest BCUT2D eigenvalue weighted by atomic mass is 10.2. The molecule has 0 heterocycles. The van der Waals surface area contributed by atoms with Gasteiger partial charge in [-0.05, 0) is 27.7 Å². The number of ether oxygens (including phenoxy) is 1. The maximum absolute atomic E-state index is 11.5. The Morgan fingerprint density at radius 1 is 1.41 bits per heavy atom. The number of aliphatic hydroxyl groups is 2. The molecule has 0 atom stereocenters. The highest BCUT2D eigenvalue weighted by atomic mass is 16.6. The zero-order chi connectivity index (χ0) is 13.9. The zero-order valence-electron chi connectivity index (χ0n) is 11.3. The lowest BCUT2D eigenvalue weighted by molar-refractivity contribution is 0.0243. The Labute approximate surface area is 104 Å². The van der Waals surface area contributed by atoms with Gasteiger partial charge in [-0.2, -0.15) is 0 Å². The molecule has 0 aromatic heterocycles. The summed E-state index contributed by atoms with van der Waals surface area (Å²) in [5.74, 6) is 0. The Kier molecular flexibility index (Phi) is 10.9. The molecule has 5 heteroatoms. The second kappa shape index (κ2) is 10.1. The summed E-state index contributed by atoms with van der Waals surface area (Å²) in [4.78, 5) is 12.9. The summed E-state index contributed by atoms with van der Waals surface area (Å²) < 4.78 is 5.13. The van der Waals surface area contributed by atoms with E-state index in [2.05, 4.69) is 6.58 Å². The van der Waals surface area contributed by atoms with E-state index in [1.54, 1.807) is 33.8 Å². The minimum Gasteiger partial charge on any atom is -0.444 e. The molecule has 0 bridgehead atoms. The van der Waals surface area contributed by atoms with Gasteiger partial charge in [0.25, 0.3) is 0 Å². The van der Waals surface area contributed by atoms with Crippen LogP contribution < -0.4 is 0 Å². The van der Waals surface area contributed by atoms with Gasteiger partial charge < -0.3 is 19.8 Å². The van der Waals surface area contributed by atoms with Crippen molar-refractivity contribution in [3.8, 4) is 0 Å². The first-order chi connectivity index (χ1) is 7.82. The largest absolute Gasteiger partial charge is 0.444 e. The molecule has 2 N–H and O–H groups in total. The van der Waals surface area contributed by atoms with Gasteiger partial charge in [0, 0.05) is 19.7 Å². The topological polar surface area (TPSA) is 70.0 Å². The maximum atomic E-state index is 11.5. The van der Waals surface area contributed by atoms with Crippen molar-refractivity contribution in [2.24, 2.45) is 0 Å². The summed E-state index contributed by atoms with van der Waals surface area (Å²) in [6, 6.07) is 0. The molecular formula is C12H25NO4. The third kappa shape index (κ3) is 12.9. The third-order valence-electron chi connectivity index (χ3n) is 1.37. The van der Waals surface area contributed by atoms with Crippen LogP contribution in [0.25, 0.3) is 0 Å². The molecule has 0 rings (SSSR count). The van der Waals surface area contributed by atoms with Crippen molar-refractivity contribution in [1.82, 2.24) is 4.90 Å². The van der Waals surface area contributed by atoms with E-state index >= 15 is 0 Å². The molecule has 102 valence electrons. The molecule has 0 aromatic rings. The van der Waals surface area contributed by atoms with E-state index in [-0.39, 0.29) is 19.8 Å². The molecule has 0 spiro atoms. The molecule has 5 nitrogen and oxygen atoms in total. The van der Waals surface area contributed by atoms with Gasteiger partial charge in [0.15, 0.2) is 0 Å². The van der Waals surface area contributed by atoms with Crippen molar-refractivity contribution in [3.05, 3.63) is 12.7 Å². The van der Waals surface area contributed by atoms with Gasteiger partial charge in [-0.3, -0.25) is 0 Å². The molecule has 0 saturated heterocycles. The summed E-state index contributed by atoms with van der Waals surface area (Å²) in [5.41, 5.74) is -0.508. The molecule has 0 aliphatic heterocycles. The van der Waals surface area contributed by atoms with Crippen molar-refractivity contribution in [3.63, 3.8) is 0 Å². The fraction of sp³-hybridized carbons (Fsp3) is 0.750. The number of hydrogen-bond acceptors (Lipinski definition) is 4. The predicted octanol–water partition coefficient (Wildman–Crippen LogP) is 1.40. The number of hydrogen-bond donors (Lipinski definition) is 2. The smallest absolute Gasteiger partial charge is 0.410 e. The van der Waals surface area contributed by atoms with Crippen molar-refractivity contribution in [2.75, 3.05) is 26.3 Å². The fourth-order valence-corrected chi connectivity index (χ4v) is 0.860. The Morgan fingerprint density at radius 2 is 1.88 bits per heavy atom. The van der Waals surface area contributed by atoms with Crippen LogP contribution in [0.1, 0.15) is 27.7 Å². The van der Waals surface area contributed by atoms with E-state index in [1.165, 1.54) is 4.90 Å². The lowest BCUT2D eigenvalue weighted by Gasteiger charge is -2.26. The van der Waals surface area contributed by atoms with Crippen LogP contribution in [-0.4, -0.2) is 53.1 Å². The van der Waals surface area contributed by atoms with Crippen LogP contribution in [-0.2, 0) is 4.74 Å². The molecule has 0 aliphatic carbocycles. The molecule has 1 amide bonds. The Bertz CT molecular complexity index is 211. The van der Waals surface area contributed by atoms with E-state index < -0.39 is 11.7 Å². The quantitative estimate of drug-likeness (QED) is 0.737. The first-order valence-electron chi connectivity index (χ1n) is 5.62. The average Bonchev–Trinajstić information content (AvgIpc) is 2.16. The second-order valence-electron chi connectivity index (χ2n) is 4.25. The number of aliphatic hydroxyl groups excluding tert-OH is 2. The summed E-state index contributed by atoms with van der Waals surface area (Å²) in [6.45, 7) is 11.4. The molecule has 0 saturated carbocycles. The van der Waals surface area contributed by atoms with E-state index in [4.69, 9.17) is 14.9 Å². The first kappa shape index (κ1) is 18.3. The molecular weight excluding hydrogens is 222 g/mol. The predicted molar refractivity (Wildman–Crippen MR) is 67.8 cm³/mol. The number of rotatable bonds is 4. The van der Waals surface area contributed by atoms with Crippen LogP contribution in [0.15, 0.2) is 12.7 Å². The van der Waals surface area contributed by atoms with Crippen LogP contribution >= 0.6 is 0 Å². The summed E-state index contributed by atoms with van der Waals surface area (Å²) in [6.07, 6.45) is 1.17. The van der Waals surface area contributed by atoms with Gasteiger partial charge in [0.2, 0.25) is 0 Å². The number of nitrogens with zero attached hydrogens (tertiary/aromatic N) is 1. The third-order valence-corrected chi connectivity index (χ3v) is 1.37. The highest BCUT2D eigenvalue weighted by Crippen LogP contribution is 2.09. The van der Waals surface area contributed by atoms with E-state index in [0.29, 0.717) is 6.54 Å². The van der Waals surface area contributed by atoms with Crippen molar-refractivity contribution >= 4 is 6.09 Å². The summed E-state index contributed by atoms with van der Waals surface area (Å²) >= 11 is 0. The van der Waals surface area contributed by atoms with Gasteiger partial charge in [0.05, 0.1) is 6.61 Å². The zero-order valence-corrected chi connectivity index (χ0v) is 11.3. The minimum atomic E-state index is -0.508. The van der Waals surface area contributed by atoms with Crippen LogP contribution in [0.4, 0.5) is 4.79 Å².